The molecule has 0 saturated carbocycles. The maximum Gasteiger partial charge on any atom is 0.160 e. The van der Waals surface area contributed by atoms with Crippen molar-refractivity contribution < 1.29 is 9.47 Å². The van der Waals surface area contributed by atoms with Crippen LogP contribution in [0.3, 0.4) is 0 Å². The molecule has 0 amide bonds. The predicted octanol–water partition coefficient (Wildman–Crippen LogP) is 3.05. The van der Waals surface area contributed by atoms with Crippen LogP contribution in [0.5, 0.6) is 11.5 Å². The lowest BCUT2D eigenvalue weighted by atomic mass is 10.1. The zero-order chi connectivity index (χ0) is 14.3. The Labute approximate surface area is 121 Å². The first-order valence-electron chi connectivity index (χ1n) is 6.56. The van der Waals surface area contributed by atoms with Crippen LogP contribution in [0.15, 0.2) is 18.2 Å². The predicted molar refractivity (Wildman–Crippen MR) is 80.6 cm³/mol. The summed E-state index contributed by atoms with van der Waals surface area (Å²) in [6.07, 6.45) is 0.992. The molecule has 0 N–H and O–H groups in total. The maximum atomic E-state index is 5.83. The minimum absolute atomic E-state index is 0.525. The fraction of sp³-hybridized carbons (Fsp3) is 0.600. The molecule has 0 fully saturated rings. The fourth-order valence-electron chi connectivity index (χ4n) is 2.03. The number of ether oxygens (including phenoxy) is 2. The van der Waals surface area contributed by atoms with Gasteiger partial charge in [0.1, 0.15) is 0 Å². The van der Waals surface area contributed by atoms with Gasteiger partial charge < -0.3 is 14.4 Å². The number of methoxy groups -OCH3 is 2. The Morgan fingerprint density at radius 2 is 1.89 bits per heavy atom. The van der Waals surface area contributed by atoms with Gasteiger partial charge in [0.15, 0.2) is 11.5 Å². The van der Waals surface area contributed by atoms with Crippen molar-refractivity contribution in [2.45, 2.75) is 13.3 Å². The van der Waals surface area contributed by atoms with E-state index >= 15 is 0 Å². The van der Waals surface area contributed by atoms with Crippen molar-refractivity contribution in [1.29, 1.82) is 0 Å². The number of benzene rings is 1. The van der Waals surface area contributed by atoms with Crippen molar-refractivity contribution in [3.05, 3.63) is 23.8 Å². The van der Waals surface area contributed by atoms with Gasteiger partial charge in [-0.2, -0.15) is 0 Å². The van der Waals surface area contributed by atoms with E-state index in [4.69, 9.17) is 21.1 Å². The maximum absolute atomic E-state index is 5.83. The van der Waals surface area contributed by atoms with Crippen LogP contribution in [0.4, 0.5) is 0 Å². The normalized spacial score (nSPS) is 12.5. The summed E-state index contributed by atoms with van der Waals surface area (Å²) in [6.45, 7) is 4.20. The van der Waals surface area contributed by atoms with E-state index in [9.17, 15) is 0 Å². The van der Waals surface area contributed by atoms with Gasteiger partial charge in [-0.25, -0.2) is 0 Å². The summed E-state index contributed by atoms with van der Waals surface area (Å²) in [6, 6.07) is 6.08. The smallest absolute Gasteiger partial charge is 0.160 e. The van der Waals surface area contributed by atoms with Crippen molar-refractivity contribution in [2.24, 2.45) is 5.92 Å². The Morgan fingerprint density at radius 3 is 2.47 bits per heavy atom. The summed E-state index contributed by atoms with van der Waals surface area (Å²) in [5.41, 5.74) is 1.25. The van der Waals surface area contributed by atoms with E-state index in [0.29, 0.717) is 11.8 Å². The second-order valence-electron chi connectivity index (χ2n) is 4.96. The molecule has 0 aliphatic rings. The van der Waals surface area contributed by atoms with E-state index in [1.54, 1.807) is 14.2 Å². The van der Waals surface area contributed by atoms with Gasteiger partial charge in [-0.1, -0.05) is 13.0 Å². The average molecular weight is 286 g/mol. The second-order valence-corrected chi connectivity index (χ2v) is 5.27. The Kier molecular flexibility index (Phi) is 7.03. The third kappa shape index (κ3) is 5.29. The van der Waals surface area contributed by atoms with Crippen LogP contribution in [0.25, 0.3) is 0 Å². The third-order valence-corrected chi connectivity index (χ3v) is 3.64. The standard InChI is InChI=1S/C15H24ClNO2/c1-12(10-16)11-17(2)8-7-13-5-6-14(18-3)15(9-13)19-4/h5-6,9,12H,7-8,10-11H2,1-4H3. The third-order valence-electron chi connectivity index (χ3n) is 3.12. The molecule has 0 aliphatic carbocycles. The Bertz CT molecular complexity index is 384. The molecule has 0 radical (unpaired) electrons. The van der Waals surface area contributed by atoms with E-state index in [-0.39, 0.29) is 0 Å². The van der Waals surface area contributed by atoms with Gasteiger partial charge in [-0.3, -0.25) is 0 Å². The molecule has 1 rings (SSSR count). The molecule has 1 unspecified atom stereocenters. The van der Waals surface area contributed by atoms with Crippen LogP contribution in [0.1, 0.15) is 12.5 Å². The molecule has 0 heterocycles. The van der Waals surface area contributed by atoms with Crippen molar-refractivity contribution in [3.8, 4) is 11.5 Å². The van der Waals surface area contributed by atoms with E-state index in [1.165, 1.54) is 5.56 Å². The Balaban J connectivity index is 2.53. The highest BCUT2D eigenvalue weighted by Gasteiger charge is 2.07. The number of hydrogen-bond acceptors (Lipinski definition) is 3. The highest BCUT2D eigenvalue weighted by molar-refractivity contribution is 6.18. The summed E-state index contributed by atoms with van der Waals surface area (Å²) in [7, 11) is 5.44. The van der Waals surface area contributed by atoms with E-state index < -0.39 is 0 Å². The largest absolute Gasteiger partial charge is 0.493 e. The van der Waals surface area contributed by atoms with Crippen molar-refractivity contribution >= 4 is 11.6 Å². The van der Waals surface area contributed by atoms with Crippen LogP contribution in [-0.4, -0.2) is 45.1 Å². The van der Waals surface area contributed by atoms with Crippen LogP contribution in [0, 0.1) is 5.92 Å². The van der Waals surface area contributed by atoms with Gasteiger partial charge in [0.2, 0.25) is 0 Å². The first kappa shape index (κ1) is 16.1. The molecule has 4 heteroatoms. The van der Waals surface area contributed by atoms with Crippen molar-refractivity contribution in [3.63, 3.8) is 0 Å². The van der Waals surface area contributed by atoms with E-state index in [1.807, 2.05) is 12.1 Å². The molecule has 0 saturated heterocycles. The molecule has 0 aromatic heterocycles. The number of nitrogens with zero attached hydrogens (tertiary/aromatic N) is 1. The fourth-order valence-corrected chi connectivity index (χ4v) is 2.13. The summed E-state index contributed by atoms with van der Waals surface area (Å²) >= 11 is 5.83. The molecular weight excluding hydrogens is 262 g/mol. The zero-order valence-electron chi connectivity index (χ0n) is 12.3. The highest BCUT2D eigenvalue weighted by atomic mass is 35.5. The molecule has 19 heavy (non-hydrogen) atoms. The first-order valence-corrected chi connectivity index (χ1v) is 7.09. The molecule has 0 aliphatic heterocycles. The van der Waals surface area contributed by atoms with Crippen molar-refractivity contribution in [1.82, 2.24) is 4.90 Å². The molecule has 1 aromatic carbocycles. The van der Waals surface area contributed by atoms with E-state index in [0.717, 1.165) is 31.0 Å². The number of hydrogen-bond donors (Lipinski definition) is 0. The molecular formula is C15H24ClNO2. The molecule has 108 valence electrons. The lowest BCUT2D eigenvalue weighted by Crippen LogP contribution is -2.27. The Hall–Kier alpha value is -0.930. The minimum atomic E-state index is 0.525. The van der Waals surface area contributed by atoms with E-state index in [2.05, 4.69) is 24.9 Å². The molecule has 0 bridgehead atoms. The van der Waals surface area contributed by atoms with Crippen molar-refractivity contribution in [2.75, 3.05) is 40.2 Å². The monoisotopic (exact) mass is 285 g/mol. The van der Waals surface area contributed by atoms with Gasteiger partial charge >= 0.3 is 0 Å². The summed E-state index contributed by atoms with van der Waals surface area (Å²) in [4.78, 5) is 2.31. The molecule has 0 spiro atoms. The van der Waals surface area contributed by atoms with Crippen LogP contribution < -0.4 is 9.47 Å². The van der Waals surface area contributed by atoms with Gasteiger partial charge in [-0.15, -0.1) is 11.6 Å². The van der Waals surface area contributed by atoms with Crippen LogP contribution >= 0.6 is 11.6 Å². The molecule has 3 nitrogen and oxygen atoms in total. The van der Waals surface area contributed by atoms with Gasteiger partial charge in [0, 0.05) is 19.0 Å². The topological polar surface area (TPSA) is 21.7 Å². The highest BCUT2D eigenvalue weighted by Crippen LogP contribution is 2.27. The van der Waals surface area contributed by atoms with Gasteiger partial charge in [0.25, 0.3) is 0 Å². The summed E-state index contributed by atoms with van der Waals surface area (Å²) in [5.74, 6) is 2.80. The summed E-state index contributed by atoms with van der Waals surface area (Å²) < 4.78 is 10.5. The second kappa shape index (κ2) is 8.28. The lowest BCUT2D eigenvalue weighted by Gasteiger charge is -2.20. The van der Waals surface area contributed by atoms with Crippen LogP contribution in [0.2, 0.25) is 0 Å². The van der Waals surface area contributed by atoms with Crippen LogP contribution in [-0.2, 0) is 6.42 Å². The molecule has 1 aromatic rings. The lowest BCUT2D eigenvalue weighted by molar-refractivity contribution is 0.300. The zero-order valence-corrected chi connectivity index (χ0v) is 13.0. The number of likely N-dealkylation sites (N-methyl/N-ethyl adjacent to an activating group) is 1. The van der Waals surface area contributed by atoms with Gasteiger partial charge in [0.05, 0.1) is 14.2 Å². The number of alkyl halides is 1. The SMILES string of the molecule is COc1ccc(CCN(C)CC(C)CCl)cc1OC. The Morgan fingerprint density at radius 1 is 1.21 bits per heavy atom. The average Bonchev–Trinajstić information content (AvgIpc) is 2.44. The number of halogens is 1. The number of rotatable bonds is 8. The quantitative estimate of drug-likeness (QED) is 0.685. The van der Waals surface area contributed by atoms with Gasteiger partial charge in [-0.05, 0) is 37.1 Å². The summed E-state index contributed by atoms with van der Waals surface area (Å²) in [5, 5.41) is 0. The molecule has 1 atom stereocenters. The minimum Gasteiger partial charge on any atom is -0.493 e. The first-order chi connectivity index (χ1) is 9.10.